The van der Waals surface area contributed by atoms with Gasteiger partial charge in [0, 0.05) is 24.6 Å². The molecule has 0 aliphatic heterocycles. The maximum absolute atomic E-state index is 11.6. The second kappa shape index (κ2) is 8.63. The standard InChI is InChI=1S/C25H28N2O4/c1-4-30-23-20-7-5-6-8-21(20)25(23,16(2)26)18-11-14-22(27-15-18)31-19-12-9-17(10-13-19)24(28)29-3/h9-15,23,26H,4-8H2,1-3H3. The molecule has 1 aromatic heterocycles. The molecule has 0 saturated carbocycles. The summed E-state index contributed by atoms with van der Waals surface area (Å²) in [6, 6.07) is 10.6. The van der Waals surface area contributed by atoms with Crippen LogP contribution < -0.4 is 4.74 Å². The lowest BCUT2D eigenvalue weighted by atomic mass is 9.52. The first kappa shape index (κ1) is 21.2. The fourth-order valence-corrected chi connectivity index (χ4v) is 4.94. The van der Waals surface area contributed by atoms with Crippen LogP contribution in [-0.4, -0.2) is 36.5 Å². The average Bonchev–Trinajstić information content (AvgIpc) is 2.79. The van der Waals surface area contributed by atoms with Crippen LogP contribution in [0.4, 0.5) is 0 Å². The minimum absolute atomic E-state index is 0.0789. The third kappa shape index (κ3) is 3.55. The zero-order valence-electron chi connectivity index (χ0n) is 18.2. The molecule has 0 bridgehead atoms. The number of rotatable bonds is 7. The third-order valence-electron chi connectivity index (χ3n) is 6.31. The van der Waals surface area contributed by atoms with E-state index in [2.05, 4.69) is 4.98 Å². The van der Waals surface area contributed by atoms with Crippen molar-refractivity contribution in [2.45, 2.75) is 51.0 Å². The highest BCUT2D eigenvalue weighted by Gasteiger charge is 2.57. The summed E-state index contributed by atoms with van der Waals surface area (Å²) in [7, 11) is 1.35. The van der Waals surface area contributed by atoms with Crippen LogP contribution in [0.3, 0.4) is 0 Å². The molecule has 6 nitrogen and oxygen atoms in total. The number of carbonyl (C=O) groups is 1. The van der Waals surface area contributed by atoms with Crippen molar-refractivity contribution in [1.29, 1.82) is 5.41 Å². The topological polar surface area (TPSA) is 81.5 Å². The van der Waals surface area contributed by atoms with Gasteiger partial charge in [-0.2, -0.15) is 0 Å². The van der Waals surface area contributed by atoms with Crippen molar-refractivity contribution in [3.8, 4) is 11.6 Å². The molecule has 2 aromatic rings. The van der Waals surface area contributed by atoms with Crippen LogP contribution in [0.25, 0.3) is 0 Å². The summed E-state index contributed by atoms with van der Waals surface area (Å²) in [5.41, 5.74) is 4.25. The van der Waals surface area contributed by atoms with Crippen LogP contribution in [-0.2, 0) is 14.9 Å². The molecule has 162 valence electrons. The minimum Gasteiger partial charge on any atom is -0.465 e. The molecular weight excluding hydrogens is 392 g/mol. The quantitative estimate of drug-likeness (QED) is 0.377. The minimum atomic E-state index is -0.514. The van der Waals surface area contributed by atoms with Crippen LogP contribution >= 0.6 is 0 Å². The SMILES string of the molecule is CCOC1C2=C(CCCC2)C1(C(C)=N)c1ccc(Oc2ccc(C(=O)OC)cc2)nc1. The van der Waals surface area contributed by atoms with Gasteiger partial charge in [-0.15, -0.1) is 0 Å². The Labute approximate surface area is 182 Å². The Balaban J connectivity index is 1.59. The molecule has 1 heterocycles. The summed E-state index contributed by atoms with van der Waals surface area (Å²) in [4.78, 5) is 16.1. The van der Waals surface area contributed by atoms with Gasteiger partial charge in [0.2, 0.25) is 5.88 Å². The van der Waals surface area contributed by atoms with Crippen molar-refractivity contribution in [3.63, 3.8) is 0 Å². The van der Waals surface area contributed by atoms with Gasteiger partial charge in [0.05, 0.1) is 24.2 Å². The zero-order valence-corrected chi connectivity index (χ0v) is 18.2. The van der Waals surface area contributed by atoms with Gasteiger partial charge in [-0.05, 0) is 80.5 Å². The van der Waals surface area contributed by atoms with Crippen molar-refractivity contribution in [3.05, 3.63) is 64.9 Å². The molecule has 2 aliphatic rings. The lowest BCUT2D eigenvalue weighted by Crippen LogP contribution is -2.58. The maximum atomic E-state index is 11.6. The predicted molar refractivity (Wildman–Crippen MR) is 118 cm³/mol. The second-order valence-corrected chi connectivity index (χ2v) is 7.98. The monoisotopic (exact) mass is 420 g/mol. The number of nitrogens with zero attached hydrogens (tertiary/aromatic N) is 1. The molecule has 0 amide bonds. The number of pyridine rings is 1. The van der Waals surface area contributed by atoms with Crippen LogP contribution in [0.15, 0.2) is 53.7 Å². The van der Waals surface area contributed by atoms with Gasteiger partial charge in [-0.1, -0.05) is 6.07 Å². The van der Waals surface area contributed by atoms with Gasteiger partial charge in [0.15, 0.2) is 0 Å². The van der Waals surface area contributed by atoms with Gasteiger partial charge < -0.3 is 19.6 Å². The molecule has 1 aromatic carbocycles. The van der Waals surface area contributed by atoms with Crippen LogP contribution in [0.2, 0.25) is 0 Å². The molecule has 1 N–H and O–H groups in total. The second-order valence-electron chi connectivity index (χ2n) is 7.98. The van der Waals surface area contributed by atoms with Crippen LogP contribution in [0.1, 0.15) is 55.5 Å². The van der Waals surface area contributed by atoms with E-state index in [1.165, 1.54) is 24.7 Å². The van der Waals surface area contributed by atoms with Crippen LogP contribution in [0.5, 0.6) is 11.6 Å². The summed E-state index contributed by atoms with van der Waals surface area (Å²) in [6.45, 7) is 4.50. The van der Waals surface area contributed by atoms with E-state index < -0.39 is 5.41 Å². The first-order valence-electron chi connectivity index (χ1n) is 10.7. The number of benzene rings is 1. The number of hydrogen-bond donors (Lipinski definition) is 1. The van der Waals surface area contributed by atoms with E-state index in [1.807, 2.05) is 26.0 Å². The van der Waals surface area contributed by atoms with Gasteiger partial charge in [-0.25, -0.2) is 9.78 Å². The molecule has 0 saturated heterocycles. The fraction of sp³-hybridized carbons (Fsp3) is 0.400. The Kier molecular flexibility index (Phi) is 5.92. The van der Waals surface area contributed by atoms with Crippen molar-refractivity contribution < 1.29 is 19.0 Å². The third-order valence-corrected chi connectivity index (χ3v) is 6.31. The number of esters is 1. The van der Waals surface area contributed by atoms with E-state index in [-0.39, 0.29) is 12.1 Å². The Morgan fingerprint density at radius 3 is 2.52 bits per heavy atom. The van der Waals surface area contributed by atoms with Crippen molar-refractivity contribution in [1.82, 2.24) is 4.98 Å². The zero-order chi connectivity index (χ0) is 22.0. The molecule has 6 heteroatoms. The Bertz CT molecular complexity index is 1010. The largest absolute Gasteiger partial charge is 0.465 e. The Morgan fingerprint density at radius 2 is 1.90 bits per heavy atom. The summed E-state index contributed by atoms with van der Waals surface area (Å²) in [6.07, 6.45) is 6.15. The van der Waals surface area contributed by atoms with E-state index in [0.717, 1.165) is 24.8 Å². The summed E-state index contributed by atoms with van der Waals surface area (Å²) < 4.78 is 16.7. The smallest absolute Gasteiger partial charge is 0.337 e. The molecule has 0 fully saturated rings. The van der Waals surface area contributed by atoms with Gasteiger partial charge >= 0.3 is 5.97 Å². The predicted octanol–water partition coefficient (Wildman–Crippen LogP) is 5.23. The number of hydrogen-bond acceptors (Lipinski definition) is 6. The fourth-order valence-electron chi connectivity index (χ4n) is 4.94. The van der Waals surface area contributed by atoms with Crippen LogP contribution in [0, 0.1) is 5.41 Å². The lowest BCUT2D eigenvalue weighted by molar-refractivity contribution is 0.0320. The molecule has 31 heavy (non-hydrogen) atoms. The molecule has 2 aliphatic carbocycles. The summed E-state index contributed by atoms with van der Waals surface area (Å²) in [5, 5.41) is 8.66. The van der Waals surface area contributed by atoms with E-state index >= 15 is 0 Å². The number of ether oxygens (including phenoxy) is 3. The normalized spacial score (nSPS) is 22.4. The molecular formula is C25H28N2O4. The Hall–Kier alpha value is -2.99. The average molecular weight is 421 g/mol. The highest BCUT2D eigenvalue weighted by molar-refractivity contribution is 5.98. The van der Waals surface area contributed by atoms with Gasteiger partial charge in [0.25, 0.3) is 0 Å². The number of carbonyl (C=O) groups excluding carboxylic acids is 1. The number of aromatic nitrogens is 1. The van der Waals surface area contributed by atoms with E-state index in [1.54, 1.807) is 30.5 Å². The molecule has 4 rings (SSSR count). The first-order valence-corrected chi connectivity index (χ1v) is 10.7. The molecule has 2 unspecified atom stereocenters. The molecule has 0 spiro atoms. The van der Waals surface area contributed by atoms with E-state index in [9.17, 15) is 4.79 Å². The lowest BCUT2D eigenvalue weighted by Gasteiger charge is -2.54. The van der Waals surface area contributed by atoms with Gasteiger partial charge in [-0.3, -0.25) is 0 Å². The molecule has 2 atom stereocenters. The number of methoxy groups -OCH3 is 1. The Morgan fingerprint density at radius 1 is 1.16 bits per heavy atom. The highest BCUT2D eigenvalue weighted by atomic mass is 16.5. The van der Waals surface area contributed by atoms with Crippen molar-refractivity contribution in [2.24, 2.45) is 0 Å². The van der Waals surface area contributed by atoms with E-state index in [4.69, 9.17) is 19.6 Å². The summed E-state index contributed by atoms with van der Waals surface area (Å²) >= 11 is 0. The van der Waals surface area contributed by atoms with Crippen molar-refractivity contribution in [2.75, 3.05) is 13.7 Å². The highest BCUT2D eigenvalue weighted by Crippen LogP contribution is 2.56. The first-order chi connectivity index (χ1) is 15.0. The maximum Gasteiger partial charge on any atom is 0.337 e. The molecule has 0 radical (unpaired) electrons. The van der Waals surface area contributed by atoms with Crippen molar-refractivity contribution >= 4 is 11.7 Å². The number of nitrogens with one attached hydrogen (secondary N) is 1. The summed E-state index contributed by atoms with van der Waals surface area (Å²) in [5.74, 6) is 0.651. The van der Waals surface area contributed by atoms with E-state index in [0.29, 0.717) is 29.5 Å². The van der Waals surface area contributed by atoms with Gasteiger partial charge in [0.1, 0.15) is 5.75 Å².